The second-order valence-electron chi connectivity index (χ2n) is 2.33. The van der Waals surface area contributed by atoms with Crippen LogP contribution in [-0.4, -0.2) is 12.2 Å². The minimum Gasteiger partial charge on any atom is -0.397 e. The molecule has 0 fully saturated rings. The van der Waals surface area contributed by atoms with Crippen molar-refractivity contribution in [2.45, 2.75) is 6.61 Å². The number of aliphatic hydroxyl groups excluding tert-OH is 1. The first-order chi connectivity index (χ1) is 5.27. The molecular weight excluding hydrogens is 140 g/mol. The molecular formula is C8H12N2O. The normalized spacial score (nSPS) is 9.64. The van der Waals surface area contributed by atoms with Gasteiger partial charge in [0.25, 0.3) is 0 Å². The van der Waals surface area contributed by atoms with Crippen LogP contribution in [0, 0.1) is 0 Å². The summed E-state index contributed by atoms with van der Waals surface area (Å²) in [6.07, 6.45) is 0. The van der Waals surface area contributed by atoms with Gasteiger partial charge in [0.15, 0.2) is 0 Å². The Bertz CT molecular complexity index is 248. The van der Waals surface area contributed by atoms with E-state index in [4.69, 9.17) is 10.8 Å². The first-order valence-electron chi connectivity index (χ1n) is 3.45. The zero-order chi connectivity index (χ0) is 8.27. The van der Waals surface area contributed by atoms with Crippen LogP contribution in [0.5, 0.6) is 0 Å². The molecule has 1 aromatic carbocycles. The third kappa shape index (κ3) is 1.62. The van der Waals surface area contributed by atoms with E-state index < -0.39 is 0 Å². The summed E-state index contributed by atoms with van der Waals surface area (Å²) in [6.45, 7) is 0.0506. The third-order valence-electron chi connectivity index (χ3n) is 1.57. The summed E-state index contributed by atoms with van der Waals surface area (Å²) in [5.41, 5.74) is 8.03. The van der Waals surface area contributed by atoms with E-state index in [2.05, 4.69) is 5.32 Å². The van der Waals surface area contributed by atoms with Crippen molar-refractivity contribution < 1.29 is 5.11 Å². The summed E-state index contributed by atoms with van der Waals surface area (Å²) in [5, 5.41) is 11.7. The van der Waals surface area contributed by atoms with Crippen molar-refractivity contribution >= 4 is 11.4 Å². The van der Waals surface area contributed by atoms with Crippen LogP contribution in [0.2, 0.25) is 0 Å². The molecule has 0 aliphatic rings. The molecule has 4 N–H and O–H groups in total. The van der Waals surface area contributed by atoms with Gasteiger partial charge in [0.05, 0.1) is 18.0 Å². The molecule has 0 aliphatic carbocycles. The van der Waals surface area contributed by atoms with Gasteiger partial charge in [-0.25, -0.2) is 0 Å². The minimum absolute atomic E-state index is 0.0506. The SMILES string of the molecule is CNc1cc(CO)ccc1N. The molecule has 0 saturated heterocycles. The highest BCUT2D eigenvalue weighted by molar-refractivity contribution is 5.66. The molecule has 1 aromatic rings. The molecule has 60 valence electrons. The molecule has 0 bridgehead atoms. The van der Waals surface area contributed by atoms with Gasteiger partial charge in [-0.05, 0) is 17.7 Å². The molecule has 0 amide bonds. The highest BCUT2D eigenvalue weighted by atomic mass is 16.3. The van der Waals surface area contributed by atoms with Gasteiger partial charge in [0, 0.05) is 7.05 Å². The van der Waals surface area contributed by atoms with Gasteiger partial charge in [0.1, 0.15) is 0 Å². The Balaban J connectivity index is 3.02. The maximum Gasteiger partial charge on any atom is 0.0682 e. The second-order valence-corrected chi connectivity index (χ2v) is 2.33. The van der Waals surface area contributed by atoms with Crippen molar-refractivity contribution in [1.82, 2.24) is 0 Å². The monoisotopic (exact) mass is 152 g/mol. The van der Waals surface area contributed by atoms with Gasteiger partial charge < -0.3 is 16.2 Å². The lowest BCUT2D eigenvalue weighted by molar-refractivity contribution is 0.282. The highest BCUT2D eigenvalue weighted by Gasteiger charge is 1.96. The standard InChI is InChI=1S/C8H12N2O/c1-10-8-4-6(5-11)2-3-7(8)9/h2-4,10-11H,5,9H2,1H3. The summed E-state index contributed by atoms with van der Waals surface area (Å²) in [6, 6.07) is 5.41. The smallest absolute Gasteiger partial charge is 0.0682 e. The molecule has 0 unspecified atom stereocenters. The zero-order valence-corrected chi connectivity index (χ0v) is 6.46. The van der Waals surface area contributed by atoms with Crippen LogP contribution in [0.3, 0.4) is 0 Å². The maximum atomic E-state index is 8.78. The van der Waals surface area contributed by atoms with Crippen molar-refractivity contribution in [2.75, 3.05) is 18.1 Å². The van der Waals surface area contributed by atoms with Crippen molar-refractivity contribution in [3.63, 3.8) is 0 Å². The number of hydrogen-bond acceptors (Lipinski definition) is 3. The summed E-state index contributed by atoms with van der Waals surface area (Å²) in [5.74, 6) is 0. The number of benzene rings is 1. The quantitative estimate of drug-likeness (QED) is 0.549. The molecule has 11 heavy (non-hydrogen) atoms. The number of rotatable bonds is 2. The average molecular weight is 152 g/mol. The largest absolute Gasteiger partial charge is 0.397 e. The van der Waals surface area contributed by atoms with Crippen LogP contribution >= 0.6 is 0 Å². The van der Waals surface area contributed by atoms with E-state index in [0.29, 0.717) is 5.69 Å². The van der Waals surface area contributed by atoms with Crippen LogP contribution in [-0.2, 0) is 6.61 Å². The van der Waals surface area contributed by atoms with Crippen LogP contribution in [0.4, 0.5) is 11.4 Å². The van der Waals surface area contributed by atoms with Crippen molar-refractivity contribution in [3.05, 3.63) is 23.8 Å². The number of aliphatic hydroxyl groups is 1. The fourth-order valence-electron chi connectivity index (χ4n) is 0.918. The van der Waals surface area contributed by atoms with E-state index in [0.717, 1.165) is 11.3 Å². The van der Waals surface area contributed by atoms with Gasteiger partial charge >= 0.3 is 0 Å². The van der Waals surface area contributed by atoms with E-state index in [1.165, 1.54) is 0 Å². The molecule has 0 saturated carbocycles. The van der Waals surface area contributed by atoms with Gasteiger partial charge in [-0.2, -0.15) is 0 Å². The van der Waals surface area contributed by atoms with Crippen LogP contribution in [0.25, 0.3) is 0 Å². The van der Waals surface area contributed by atoms with E-state index in [1.807, 2.05) is 6.07 Å². The van der Waals surface area contributed by atoms with Crippen LogP contribution < -0.4 is 11.1 Å². The minimum atomic E-state index is 0.0506. The van der Waals surface area contributed by atoms with Crippen molar-refractivity contribution in [2.24, 2.45) is 0 Å². The average Bonchev–Trinajstić information content (AvgIpc) is 2.05. The number of nitrogens with two attached hydrogens (primary N) is 1. The van der Waals surface area contributed by atoms with Crippen LogP contribution in [0.15, 0.2) is 18.2 Å². The lowest BCUT2D eigenvalue weighted by Gasteiger charge is -2.05. The third-order valence-corrected chi connectivity index (χ3v) is 1.57. The van der Waals surface area contributed by atoms with E-state index in [1.54, 1.807) is 19.2 Å². The van der Waals surface area contributed by atoms with Gasteiger partial charge in [-0.1, -0.05) is 6.07 Å². The first kappa shape index (κ1) is 7.88. The topological polar surface area (TPSA) is 58.3 Å². The fourth-order valence-corrected chi connectivity index (χ4v) is 0.918. The number of anilines is 2. The molecule has 0 aliphatic heterocycles. The molecule has 0 heterocycles. The van der Waals surface area contributed by atoms with Crippen molar-refractivity contribution in [3.8, 4) is 0 Å². The Morgan fingerprint density at radius 3 is 2.82 bits per heavy atom. The lowest BCUT2D eigenvalue weighted by Crippen LogP contribution is -1.96. The van der Waals surface area contributed by atoms with E-state index in [9.17, 15) is 0 Å². The number of hydrogen-bond donors (Lipinski definition) is 3. The predicted octanol–water partition coefficient (Wildman–Crippen LogP) is 0.803. The summed E-state index contributed by atoms with van der Waals surface area (Å²) in [7, 11) is 1.80. The predicted molar refractivity (Wildman–Crippen MR) is 46.3 cm³/mol. The highest BCUT2D eigenvalue weighted by Crippen LogP contribution is 2.18. The summed E-state index contributed by atoms with van der Waals surface area (Å²) < 4.78 is 0. The van der Waals surface area contributed by atoms with E-state index >= 15 is 0 Å². The van der Waals surface area contributed by atoms with Gasteiger partial charge in [-0.15, -0.1) is 0 Å². The molecule has 0 spiro atoms. The maximum absolute atomic E-state index is 8.78. The number of nitrogen functional groups attached to an aromatic ring is 1. The Hall–Kier alpha value is -1.22. The summed E-state index contributed by atoms with van der Waals surface area (Å²) >= 11 is 0. The van der Waals surface area contributed by atoms with Gasteiger partial charge in [-0.3, -0.25) is 0 Å². The lowest BCUT2D eigenvalue weighted by atomic mass is 10.2. The van der Waals surface area contributed by atoms with Gasteiger partial charge in [0.2, 0.25) is 0 Å². The molecule has 3 nitrogen and oxygen atoms in total. The Kier molecular flexibility index (Phi) is 2.33. The molecule has 0 atom stereocenters. The Labute approximate surface area is 65.8 Å². The molecule has 1 rings (SSSR count). The second kappa shape index (κ2) is 3.25. The summed E-state index contributed by atoms with van der Waals surface area (Å²) in [4.78, 5) is 0. The van der Waals surface area contributed by atoms with E-state index in [-0.39, 0.29) is 6.61 Å². The fraction of sp³-hybridized carbons (Fsp3) is 0.250. The Morgan fingerprint density at radius 1 is 1.55 bits per heavy atom. The number of nitrogens with one attached hydrogen (secondary N) is 1. The van der Waals surface area contributed by atoms with Crippen LogP contribution in [0.1, 0.15) is 5.56 Å². The molecule has 0 aromatic heterocycles. The van der Waals surface area contributed by atoms with Crippen molar-refractivity contribution in [1.29, 1.82) is 0 Å². The zero-order valence-electron chi connectivity index (χ0n) is 6.46. The molecule has 0 radical (unpaired) electrons. The first-order valence-corrected chi connectivity index (χ1v) is 3.45. The Morgan fingerprint density at radius 2 is 2.27 bits per heavy atom. The molecule has 3 heteroatoms.